The van der Waals surface area contributed by atoms with Crippen LogP contribution in [0.15, 0.2) is 39.4 Å². The maximum Gasteiger partial charge on any atom is 0.291 e. The van der Waals surface area contributed by atoms with Crippen LogP contribution in [0.25, 0.3) is 0 Å². The molecule has 0 saturated carbocycles. The third-order valence-corrected chi connectivity index (χ3v) is 2.95. The third-order valence-electron chi connectivity index (χ3n) is 2.29. The first-order valence-electron chi connectivity index (χ1n) is 5.59. The van der Waals surface area contributed by atoms with Gasteiger partial charge < -0.3 is 14.5 Å². The van der Waals surface area contributed by atoms with Crippen LogP contribution < -0.4 is 10.1 Å². The lowest BCUT2D eigenvalue weighted by molar-refractivity contribution is 0.0995. The minimum Gasteiger partial charge on any atom is -0.492 e. The van der Waals surface area contributed by atoms with Gasteiger partial charge in [-0.05, 0) is 53.2 Å². The molecule has 0 radical (unpaired) electrons. The van der Waals surface area contributed by atoms with E-state index in [1.165, 1.54) is 0 Å². The fourth-order valence-corrected chi connectivity index (χ4v) is 1.98. The number of anilines is 1. The predicted molar refractivity (Wildman–Crippen MR) is 77.0 cm³/mol. The van der Waals surface area contributed by atoms with E-state index in [9.17, 15) is 4.79 Å². The summed E-state index contributed by atoms with van der Waals surface area (Å²) in [7, 11) is 0. The van der Waals surface area contributed by atoms with Crippen molar-refractivity contribution in [1.29, 1.82) is 0 Å². The highest BCUT2D eigenvalue weighted by molar-refractivity contribution is 9.10. The molecule has 0 unspecified atom stereocenters. The van der Waals surface area contributed by atoms with Crippen molar-refractivity contribution in [2.24, 2.45) is 0 Å². The van der Waals surface area contributed by atoms with Gasteiger partial charge in [0.05, 0.1) is 12.3 Å². The SMILES string of the molecule is CCOc1ccc(Cl)cc1NC(=O)c1ccc(Br)o1. The number of carbonyl (C=O) groups is 1. The number of hydrogen-bond acceptors (Lipinski definition) is 3. The zero-order valence-corrected chi connectivity index (χ0v) is 12.4. The molecule has 0 fully saturated rings. The summed E-state index contributed by atoms with van der Waals surface area (Å²) in [6, 6.07) is 8.26. The summed E-state index contributed by atoms with van der Waals surface area (Å²) in [6.07, 6.45) is 0. The van der Waals surface area contributed by atoms with Gasteiger partial charge in [-0.1, -0.05) is 11.6 Å². The largest absolute Gasteiger partial charge is 0.492 e. The minimum absolute atomic E-state index is 0.203. The summed E-state index contributed by atoms with van der Waals surface area (Å²) in [5.41, 5.74) is 0.506. The zero-order valence-electron chi connectivity index (χ0n) is 10.1. The second-order valence-electron chi connectivity index (χ2n) is 3.63. The molecule has 0 bridgehead atoms. The van der Waals surface area contributed by atoms with Gasteiger partial charge in [-0.15, -0.1) is 0 Å². The highest BCUT2D eigenvalue weighted by atomic mass is 79.9. The Morgan fingerprint density at radius 1 is 1.42 bits per heavy atom. The second-order valence-corrected chi connectivity index (χ2v) is 4.85. The molecule has 2 rings (SSSR count). The van der Waals surface area contributed by atoms with E-state index in [1.54, 1.807) is 30.3 Å². The van der Waals surface area contributed by atoms with E-state index in [-0.39, 0.29) is 11.7 Å². The second kappa shape index (κ2) is 6.12. The van der Waals surface area contributed by atoms with Crippen LogP contribution in [0.2, 0.25) is 5.02 Å². The van der Waals surface area contributed by atoms with E-state index in [1.807, 2.05) is 6.92 Å². The Balaban J connectivity index is 2.22. The van der Waals surface area contributed by atoms with Crippen molar-refractivity contribution in [3.63, 3.8) is 0 Å². The van der Waals surface area contributed by atoms with Gasteiger partial charge in [-0.3, -0.25) is 4.79 Å². The molecule has 1 aromatic carbocycles. The summed E-state index contributed by atoms with van der Waals surface area (Å²) in [4.78, 5) is 12.0. The molecule has 4 nitrogen and oxygen atoms in total. The van der Waals surface area contributed by atoms with Gasteiger partial charge in [-0.25, -0.2) is 0 Å². The lowest BCUT2D eigenvalue weighted by atomic mass is 10.3. The molecule has 0 saturated heterocycles. The molecule has 0 aliphatic heterocycles. The van der Waals surface area contributed by atoms with Crippen LogP contribution in [-0.2, 0) is 0 Å². The minimum atomic E-state index is -0.367. The number of carbonyl (C=O) groups excluding carboxylic acids is 1. The van der Waals surface area contributed by atoms with Gasteiger partial charge in [0.15, 0.2) is 10.4 Å². The van der Waals surface area contributed by atoms with Gasteiger partial charge in [0.1, 0.15) is 5.75 Å². The smallest absolute Gasteiger partial charge is 0.291 e. The van der Waals surface area contributed by atoms with Gasteiger partial charge in [0.2, 0.25) is 0 Å². The summed E-state index contributed by atoms with van der Waals surface area (Å²) in [6.45, 7) is 2.36. The van der Waals surface area contributed by atoms with Crippen LogP contribution in [0.5, 0.6) is 5.75 Å². The number of amides is 1. The summed E-state index contributed by atoms with van der Waals surface area (Å²) in [5, 5.41) is 3.22. The molecule has 19 heavy (non-hydrogen) atoms. The molecule has 0 aliphatic carbocycles. The van der Waals surface area contributed by atoms with Crippen LogP contribution in [0, 0.1) is 0 Å². The van der Waals surface area contributed by atoms with Crippen molar-refractivity contribution in [1.82, 2.24) is 0 Å². The lowest BCUT2D eigenvalue weighted by Crippen LogP contribution is -2.12. The molecular weight excluding hydrogens is 334 g/mol. The first-order chi connectivity index (χ1) is 9.10. The summed E-state index contributed by atoms with van der Waals surface area (Å²) in [5.74, 6) is 0.397. The lowest BCUT2D eigenvalue weighted by Gasteiger charge is -2.11. The Kier molecular flexibility index (Phi) is 4.50. The Morgan fingerprint density at radius 2 is 2.21 bits per heavy atom. The molecular formula is C13H11BrClNO3. The predicted octanol–water partition coefficient (Wildman–Crippen LogP) is 4.35. The monoisotopic (exact) mass is 343 g/mol. The van der Waals surface area contributed by atoms with Crippen molar-refractivity contribution in [3.05, 3.63) is 45.8 Å². The molecule has 0 aliphatic rings. The fourth-order valence-electron chi connectivity index (χ4n) is 1.50. The summed E-state index contributed by atoms with van der Waals surface area (Å²) < 4.78 is 11.1. The highest BCUT2D eigenvalue weighted by Crippen LogP contribution is 2.28. The van der Waals surface area contributed by atoms with Crippen molar-refractivity contribution >= 4 is 39.1 Å². The van der Waals surface area contributed by atoms with Crippen molar-refractivity contribution < 1.29 is 13.9 Å². The number of nitrogens with one attached hydrogen (secondary N) is 1. The van der Waals surface area contributed by atoms with E-state index in [4.69, 9.17) is 20.8 Å². The number of hydrogen-bond donors (Lipinski definition) is 1. The maximum absolute atomic E-state index is 12.0. The van der Waals surface area contributed by atoms with E-state index >= 15 is 0 Å². The first-order valence-corrected chi connectivity index (χ1v) is 6.76. The van der Waals surface area contributed by atoms with Crippen LogP contribution in [0.4, 0.5) is 5.69 Å². The number of benzene rings is 1. The van der Waals surface area contributed by atoms with E-state index in [0.29, 0.717) is 27.7 Å². The quantitative estimate of drug-likeness (QED) is 0.897. The van der Waals surface area contributed by atoms with Crippen molar-refractivity contribution in [2.45, 2.75) is 6.92 Å². The van der Waals surface area contributed by atoms with Crippen LogP contribution in [0.1, 0.15) is 17.5 Å². The Labute approximate surface area is 123 Å². The van der Waals surface area contributed by atoms with Crippen LogP contribution in [-0.4, -0.2) is 12.5 Å². The van der Waals surface area contributed by atoms with Crippen LogP contribution >= 0.6 is 27.5 Å². The van der Waals surface area contributed by atoms with Gasteiger partial charge in [0.25, 0.3) is 5.91 Å². The Morgan fingerprint density at radius 3 is 2.84 bits per heavy atom. The standard InChI is InChI=1S/C13H11BrClNO3/c1-2-18-10-4-3-8(15)7-9(10)16-13(17)11-5-6-12(14)19-11/h3-7H,2H2,1H3,(H,16,17). The van der Waals surface area contributed by atoms with E-state index < -0.39 is 0 Å². The molecule has 1 N–H and O–H groups in total. The van der Waals surface area contributed by atoms with Crippen LogP contribution in [0.3, 0.4) is 0 Å². The van der Waals surface area contributed by atoms with E-state index in [0.717, 1.165) is 0 Å². The fraction of sp³-hybridized carbons (Fsp3) is 0.154. The number of halogens is 2. The molecule has 1 aromatic heterocycles. The Bertz CT molecular complexity index is 597. The molecule has 1 heterocycles. The summed E-state index contributed by atoms with van der Waals surface area (Å²) >= 11 is 9.06. The highest BCUT2D eigenvalue weighted by Gasteiger charge is 2.13. The normalized spacial score (nSPS) is 10.3. The molecule has 0 spiro atoms. The number of rotatable bonds is 4. The zero-order chi connectivity index (χ0) is 13.8. The Hall–Kier alpha value is -1.46. The topological polar surface area (TPSA) is 51.5 Å². The first kappa shape index (κ1) is 14.0. The van der Waals surface area contributed by atoms with Gasteiger partial charge >= 0.3 is 0 Å². The van der Waals surface area contributed by atoms with Gasteiger partial charge in [0, 0.05) is 5.02 Å². The number of furan rings is 1. The molecule has 100 valence electrons. The van der Waals surface area contributed by atoms with Crippen molar-refractivity contribution in [3.8, 4) is 5.75 Å². The maximum atomic E-state index is 12.0. The average Bonchev–Trinajstić information content (AvgIpc) is 2.80. The molecule has 2 aromatic rings. The third kappa shape index (κ3) is 3.52. The number of ether oxygens (including phenoxy) is 1. The van der Waals surface area contributed by atoms with E-state index in [2.05, 4.69) is 21.2 Å². The average molecular weight is 345 g/mol. The molecule has 1 amide bonds. The molecule has 0 atom stereocenters. The van der Waals surface area contributed by atoms with Crippen molar-refractivity contribution in [2.75, 3.05) is 11.9 Å². The van der Waals surface area contributed by atoms with Gasteiger partial charge in [-0.2, -0.15) is 0 Å². The molecule has 6 heteroatoms.